The predicted octanol–water partition coefficient (Wildman–Crippen LogP) is 5.80. The molecule has 4 rings (SSSR count). The summed E-state index contributed by atoms with van der Waals surface area (Å²) in [6.07, 6.45) is 6.98. The van der Waals surface area contributed by atoms with Crippen molar-refractivity contribution in [1.29, 1.82) is 0 Å². The number of ether oxygens (including phenoxy) is 3. The normalized spacial score (nSPS) is 14.3. The van der Waals surface area contributed by atoms with Gasteiger partial charge in [-0.05, 0) is 66.0 Å². The molecule has 0 amide bonds. The van der Waals surface area contributed by atoms with E-state index in [1.807, 2.05) is 19.1 Å². The number of esters is 1. The topological polar surface area (TPSA) is 92.0 Å². The van der Waals surface area contributed by atoms with Crippen LogP contribution in [0.2, 0.25) is 0 Å². The molecular formula is C26H27Br2N3O5. The second-order valence-electron chi connectivity index (χ2n) is 8.45. The Morgan fingerprint density at radius 2 is 1.89 bits per heavy atom. The number of carbonyl (C=O) groups excluding carboxylic acids is 1. The highest BCUT2D eigenvalue weighted by Crippen LogP contribution is 2.34. The summed E-state index contributed by atoms with van der Waals surface area (Å²) in [6.45, 7) is 2.02. The molecule has 0 saturated heterocycles. The average Bonchev–Trinajstić information content (AvgIpc) is 2.89. The van der Waals surface area contributed by atoms with E-state index >= 15 is 0 Å². The molecule has 36 heavy (non-hydrogen) atoms. The van der Waals surface area contributed by atoms with Crippen LogP contribution in [0.1, 0.15) is 56.3 Å². The van der Waals surface area contributed by atoms with Gasteiger partial charge >= 0.3 is 5.97 Å². The Morgan fingerprint density at radius 1 is 1.14 bits per heavy atom. The van der Waals surface area contributed by atoms with Crippen molar-refractivity contribution in [3.05, 3.63) is 61.0 Å². The fourth-order valence-electron chi connectivity index (χ4n) is 4.25. The van der Waals surface area contributed by atoms with Crippen LogP contribution in [0, 0.1) is 0 Å². The molecule has 8 nitrogen and oxygen atoms in total. The molecule has 0 spiro atoms. The molecule has 1 aromatic heterocycles. The molecule has 0 unspecified atom stereocenters. The Morgan fingerprint density at radius 3 is 2.61 bits per heavy atom. The first-order valence-electron chi connectivity index (χ1n) is 11.8. The minimum Gasteiger partial charge on any atom is -0.490 e. The van der Waals surface area contributed by atoms with Crippen LogP contribution in [-0.2, 0) is 9.53 Å². The van der Waals surface area contributed by atoms with Gasteiger partial charge in [0.1, 0.15) is 5.82 Å². The van der Waals surface area contributed by atoms with Gasteiger partial charge in [-0.2, -0.15) is 9.78 Å². The third-order valence-corrected chi connectivity index (χ3v) is 7.23. The standard InChI is InChI=1S/C26H27Br2N3O5/c1-3-35-22-11-17(20(28)13-23(22)36-15-24(32)34-2)14-29-31-25(16-7-5-4-6-8-16)30-21-10-9-18(27)12-19(21)26(31)33/h9-14,16H,3-8,15H2,1-2H3. The van der Waals surface area contributed by atoms with Gasteiger partial charge in [-0.25, -0.2) is 9.78 Å². The summed E-state index contributed by atoms with van der Waals surface area (Å²) in [5.74, 6) is 1.21. The van der Waals surface area contributed by atoms with E-state index in [1.54, 1.807) is 24.4 Å². The maximum Gasteiger partial charge on any atom is 0.343 e. The summed E-state index contributed by atoms with van der Waals surface area (Å²) >= 11 is 6.99. The number of nitrogens with zero attached hydrogens (tertiary/aromatic N) is 3. The Hall–Kier alpha value is -2.72. The second-order valence-corrected chi connectivity index (χ2v) is 10.2. The van der Waals surface area contributed by atoms with Crippen LogP contribution in [0.4, 0.5) is 0 Å². The van der Waals surface area contributed by atoms with Gasteiger partial charge in [0.15, 0.2) is 18.1 Å². The number of halogens is 2. The van der Waals surface area contributed by atoms with Crippen molar-refractivity contribution in [3.63, 3.8) is 0 Å². The van der Waals surface area contributed by atoms with E-state index in [0.29, 0.717) is 44.9 Å². The highest BCUT2D eigenvalue weighted by molar-refractivity contribution is 9.10. The van der Waals surface area contributed by atoms with Crippen LogP contribution >= 0.6 is 31.9 Å². The van der Waals surface area contributed by atoms with E-state index in [0.717, 1.165) is 30.2 Å². The molecule has 1 heterocycles. The maximum absolute atomic E-state index is 13.5. The third-order valence-electron chi connectivity index (χ3n) is 6.05. The molecule has 2 aromatic carbocycles. The highest BCUT2D eigenvalue weighted by Gasteiger charge is 2.22. The van der Waals surface area contributed by atoms with E-state index in [4.69, 9.17) is 14.5 Å². The molecule has 1 saturated carbocycles. The number of benzene rings is 2. The lowest BCUT2D eigenvalue weighted by Crippen LogP contribution is -2.25. The van der Waals surface area contributed by atoms with Crippen molar-refractivity contribution in [2.24, 2.45) is 5.10 Å². The van der Waals surface area contributed by atoms with Crippen LogP contribution in [0.5, 0.6) is 11.5 Å². The van der Waals surface area contributed by atoms with E-state index < -0.39 is 5.97 Å². The summed E-state index contributed by atoms with van der Waals surface area (Å²) in [4.78, 5) is 29.9. The van der Waals surface area contributed by atoms with Crippen LogP contribution in [0.25, 0.3) is 10.9 Å². The van der Waals surface area contributed by atoms with Gasteiger partial charge in [0.25, 0.3) is 5.56 Å². The van der Waals surface area contributed by atoms with Crippen molar-refractivity contribution < 1.29 is 19.0 Å². The summed E-state index contributed by atoms with van der Waals surface area (Å²) < 4.78 is 18.8. The second kappa shape index (κ2) is 12.0. The van der Waals surface area contributed by atoms with E-state index in [-0.39, 0.29) is 18.1 Å². The molecule has 0 radical (unpaired) electrons. The zero-order chi connectivity index (χ0) is 25.7. The first-order valence-corrected chi connectivity index (χ1v) is 13.4. The van der Waals surface area contributed by atoms with Gasteiger partial charge in [-0.1, -0.05) is 35.2 Å². The van der Waals surface area contributed by atoms with Crippen molar-refractivity contribution in [2.45, 2.75) is 44.9 Å². The van der Waals surface area contributed by atoms with Crippen molar-refractivity contribution in [3.8, 4) is 11.5 Å². The lowest BCUT2D eigenvalue weighted by molar-refractivity contribution is -0.142. The first-order chi connectivity index (χ1) is 17.4. The van der Waals surface area contributed by atoms with Gasteiger partial charge in [-0.15, -0.1) is 0 Å². The molecule has 0 N–H and O–H groups in total. The molecule has 190 valence electrons. The molecule has 0 aliphatic heterocycles. The summed E-state index contributed by atoms with van der Waals surface area (Å²) in [6, 6.07) is 8.98. The summed E-state index contributed by atoms with van der Waals surface area (Å²) in [5, 5.41) is 5.11. The monoisotopic (exact) mass is 619 g/mol. The SMILES string of the molecule is CCOc1cc(C=Nn2c(C3CCCCC3)nc3ccc(Br)cc3c2=O)c(Br)cc1OCC(=O)OC. The van der Waals surface area contributed by atoms with Crippen molar-refractivity contribution in [1.82, 2.24) is 9.66 Å². The van der Waals surface area contributed by atoms with Gasteiger partial charge in [0.05, 0.1) is 30.8 Å². The average molecular weight is 621 g/mol. The molecule has 1 aliphatic carbocycles. The number of hydrogen-bond donors (Lipinski definition) is 0. The van der Waals surface area contributed by atoms with Crippen molar-refractivity contribution in [2.75, 3.05) is 20.3 Å². The third kappa shape index (κ3) is 5.98. The maximum atomic E-state index is 13.5. The number of hydrogen-bond acceptors (Lipinski definition) is 7. The summed E-state index contributed by atoms with van der Waals surface area (Å²) in [5.41, 5.74) is 1.14. The summed E-state index contributed by atoms with van der Waals surface area (Å²) in [7, 11) is 1.30. The fourth-order valence-corrected chi connectivity index (χ4v) is 5.03. The Bertz CT molecular complexity index is 1350. The Balaban J connectivity index is 1.76. The zero-order valence-corrected chi connectivity index (χ0v) is 23.3. The quantitative estimate of drug-likeness (QED) is 0.233. The molecular weight excluding hydrogens is 594 g/mol. The number of aromatic nitrogens is 2. The lowest BCUT2D eigenvalue weighted by atomic mass is 9.88. The predicted molar refractivity (Wildman–Crippen MR) is 145 cm³/mol. The molecule has 0 bridgehead atoms. The highest BCUT2D eigenvalue weighted by atomic mass is 79.9. The molecule has 0 atom stereocenters. The Kier molecular flexibility index (Phi) is 8.79. The molecule has 1 fully saturated rings. The van der Waals surface area contributed by atoms with Crippen LogP contribution in [0.3, 0.4) is 0 Å². The van der Waals surface area contributed by atoms with Gasteiger partial charge in [0.2, 0.25) is 0 Å². The number of fused-ring (bicyclic) bond motifs is 1. The Labute approximate surface area is 225 Å². The largest absolute Gasteiger partial charge is 0.490 e. The van der Waals surface area contributed by atoms with E-state index in [1.165, 1.54) is 18.2 Å². The van der Waals surface area contributed by atoms with Crippen LogP contribution in [0.15, 0.2) is 49.2 Å². The fraction of sp³-hybridized carbons (Fsp3) is 0.385. The minimum atomic E-state index is -0.496. The number of methoxy groups -OCH3 is 1. The van der Waals surface area contributed by atoms with E-state index in [2.05, 4.69) is 41.7 Å². The molecule has 1 aliphatic rings. The van der Waals surface area contributed by atoms with Crippen LogP contribution < -0.4 is 15.0 Å². The first kappa shape index (κ1) is 26.3. The van der Waals surface area contributed by atoms with Gasteiger partial charge in [-0.3, -0.25) is 4.79 Å². The molecule has 10 heteroatoms. The minimum absolute atomic E-state index is 0.174. The number of carbonyl (C=O) groups is 1. The zero-order valence-electron chi connectivity index (χ0n) is 20.1. The van der Waals surface area contributed by atoms with Gasteiger partial charge < -0.3 is 14.2 Å². The van der Waals surface area contributed by atoms with Crippen LogP contribution in [-0.4, -0.2) is 42.2 Å². The van der Waals surface area contributed by atoms with Gasteiger partial charge in [0, 0.05) is 20.4 Å². The van der Waals surface area contributed by atoms with E-state index in [9.17, 15) is 9.59 Å². The van der Waals surface area contributed by atoms with Crippen molar-refractivity contribution >= 4 is 54.9 Å². The lowest BCUT2D eigenvalue weighted by Gasteiger charge is -2.22. The smallest absolute Gasteiger partial charge is 0.343 e. The number of rotatable bonds is 8. The molecule has 3 aromatic rings.